The van der Waals surface area contributed by atoms with E-state index in [-0.39, 0.29) is 17.2 Å². The van der Waals surface area contributed by atoms with Crippen LogP contribution in [0.4, 0.5) is 0 Å². The lowest BCUT2D eigenvalue weighted by Crippen LogP contribution is -2.19. The van der Waals surface area contributed by atoms with Crippen LogP contribution < -0.4 is 9.54 Å². The fraction of sp³-hybridized carbons (Fsp3) is 0.300. The van der Waals surface area contributed by atoms with Gasteiger partial charge in [0.1, 0.15) is 5.75 Å². The second-order valence-corrected chi connectivity index (χ2v) is 9.49. The summed E-state index contributed by atoms with van der Waals surface area (Å²) in [6, 6.07) is 12.2. The Balaban J connectivity index is 1.99. The molecule has 9 heteroatoms. The average molecular weight is 435 g/mol. The van der Waals surface area contributed by atoms with Crippen LogP contribution in [0.2, 0.25) is 0 Å². The van der Waals surface area contributed by atoms with Gasteiger partial charge in [0, 0.05) is 19.9 Å². The van der Waals surface area contributed by atoms with Crippen molar-refractivity contribution in [1.29, 1.82) is 0 Å². The maximum Gasteiger partial charge on any atom is 0.252 e. The molecule has 0 N–H and O–H groups in total. The lowest BCUT2D eigenvalue weighted by Gasteiger charge is -2.05. The van der Waals surface area contributed by atoms with Gasteiger partial charge in [-0.2, -0.15) is 4.99 Å². The molecule has 2 aromatic carbocycles. The first-order chi connectivity index (χ1) is 13.8. The van der Waals surface area contributed by atoms with Crippen molar-refractivity contribution in [2.45, 2.75) is 17.9 Å². The van der Waals surface area contributed by atoms with Crippen LogP contribution in [-0.2, 0) is 32.3 Å². The molecule has 0 aliphatic carbocycles. The van der Waals surface area contributed by atoms with Crippen LogP contribution in [0.25, 0.3) is 10.2 Å². The van der Waals surface area contributed by atoms with Gasteiger partial charge < -0.3 is 14.0 Å². The number of sulfone groups is 1. The first-order valence-electron chi connectivity index (χ1n) is 8.84. The molecule has 29 heavy (non-hydrogen) atoms. The summed E-state index contributed by atoms with van der Waals surface area (Å²) in [4.78, 5) is 17.6. The zero-order valence-electron chi connectivity index (χ0n) is 16.4. The number of carbonyl (C=O) groups is 1. The summed E-state index contributed by atoms with van der Waals surface area (Å²) in [5.41, 5.74) is 1.65. The van der Waals surface area contributed by atoms with E-state index in [0.29, 0.717) is 18.0 Å². The zero-order valence-corrected chi connectivity index (χ0v) is 18.0. The van der Waals surface area contributed by atoms with E-state index >= 15 is 0 Å². The second kappa shape index (κ2) is 8.89. The summed E-state index contributed by atoms with van der Waals surface area (Å²) < 4.78 is 36.6. The van der Waals surface area contributed by atoms with E-state index in [1.807, 2.05) is 16.7 Å². The normalized spacial score (nSPS) is 12.4. The summed E-state index contributed by atoms with van der Waals surface area (Å²) in [7, 11) is -0.131. The van der Waals surface area contributed by atoms with Gasteiger partial charge in [0.2, 0.25) is 0 Å². The molecule has 1 amide bonds. The number of nitrogens with zero attached hydrogens (tertiary/aromatic N) is 2. The molecule has 0 fully saturated rings. The molecule has 0 aliphatic heterocycles. The van der Waals surface area contributed by atoms with E-state index in [4.69, 9.17) is 9.47 Å². The van der Waals surface area contributed by atoms with Crippen molar-refractivity contribution in [2.24, 2.45) is 4.99 Å². The highest BCUT2D eigenvalue weighted by Crippen LogP contribution is 2.22. The fourth-order valence-electron chi connectivity index (χ4n) is 2.83. The summed E-state index contributed by atoms with van der Waals surface area (Å²) in [5.74, 6) is 0.443. The van der Waals surface area contributed by atoms with Crippen LogP contribution in [0.5, 0.6) is 5.75 Å². The Morgan fingerprint density at radius 2 is 1.86 bits per heavy atom. The molecule has 0 saturated heterocycles. The van der Waals surface area contributed by atoms with Crippen LogP contribution in [0.3, 0.4) is 0 Å². The van der Waals surface area contributed by atoms with Gasteiger partial charge in [0.25, 0.3) is 5.91 Å². The van der Waals surface area contributed by atoms with Crippen molar-refractivity contribution in [2.75, 3.05) is 27.1 Å². The highest BCUT2D eigenvalue weighted by Gasteiger charge is 2.13. The standard InChI is InChI=1S/C20H22N2O5S2/c1-26-11-10-22-17-9-8-16(29(3,24)25)13-18(17)28-20(22)21-19(23)12-14-4-6-15(27-2)7-5-14/h4-9,13H,10-12H2,1-3H3. The summed E-state index contributed by atoms with van der Waals surface area (Å²) >= 11 is 1.29. The molecular weight excluding hydrogens is 412 g/mol. The average Bonchev–Trinajstić information content (AvgIpc) is 3.02. The van der Waals surface area contributed by atoms with E-state index in [2.05, 4.69) is 4.99 Å². The van der Waals surface area contributed by atoms with Crippen molar-refractivity contribution < 1.29 is 22.7 Å². The maximum atomic E-state index is 12.5. The highest BCUT2D eigenvalue weighted by molar-refractivity contribution is 7.90. The van der Waals surface area contributed by atoms with Gasteiger partial charge in [-0.1, -0.05) is 23.5 Å². The molecule has 3 aromatic rings. The van der Waals surface area contributed by atoms with Crippen LogP contribution in [0.1, 0.15) is 5.56 Å². The van der Waals surface area contributed by atoms with E-state index < -0.39 is 9.84 Å². The number of aromatic nitrogens is 1. The van der Waals surface area contributed by atoms with Gasteiger partial charge in [0.05, 0.1) is 35.2 Å². The van der Waals surface area contributed by atoms with Crippen molar-refractivity contribution in [3.63, 3.8) is 0 Å². The number of rotatable bonds is 7. The Bertz CT molecular complexity index is 1190. The van der Waals surface area contributed by atoms with E-state index in [0.717, 1.165) is 21.5 Å². The first kappa shape index (κ1) is 21.2. The highest BCUT2D eigenvalue weighted by atomic mass is 32.2. The van der Waals surface area contributed by atoms with Crippen LogP contribution in [0, 0.1) is 0 Å². The van der Waals surface area contributed by atoms with Crippen LogP contribution in [0.15, 0.2) is 52.4 Å². The Labute approximate surface area is 173 Å². The number of amides is 1. The summed E-state index contributed by atoms with van der Waals surface area (Å²) in [5, 5.41) is 0. The molecule has 3 rings (SSSR count). The SMILES string of the molecule is COCCn1c(=NC(=O)Cc2ccc(OC)cc2)sc2cc(S(C)(=O)=O)ccc21. The van der Waals surface area contributed by atoms with Crippen molar-refractivity contribution in [1.82, 2.24) is 4.57 Å². The predicted octanol–water partition coefficient (Wildman–Crippen LogP) is 2.43. The quantitative estimate of drug-likeness (QED) is 0.570. The Morgan fingerprint density at radius 3 is 2.48 bits per heavy atom. The lowest BCUT2D eigenvalue weighted by atomic mass is 10.1. The second-order valence-electron chi connectivity index (χ2n) is 6.46. The molecule has 7 nitrogen and oxygen atoms in total. The lowest BCUT2D eigenvalue weighted by molar-refractivity contribution is -0.117. The number of hydrogen-bond donors (Lipinski definition) is 0. The van der Waals surface area contributed by atoms with Gasteiger partial charge in [-0.05, 0) is 35.9 Å². The monoisotopic (exact) mass is 434 g/mol. The number of benzene rings is 2. The zero-order chi connectivity index (χ0) is 21.0. The molecule has 154 valence electrons. The number of thiazole rings is 1. The number of fused-ring (bicyclic) bond motifs is 1. The third kappa shape index (κ3) is 5.11. The molecule has 0 atom stereocenters. The Hall–Kier alpha value is -2.49. The largest absolute Gasteiger partial charge is 0.497 e. The van der Waals surface area contributed by atoms with E-state index in [1.54, 1.807) is 44.6 Å². The van der Waals surface area contributed by atoms with Gasteiger partial charge in [-0.15, -0.1) is 0 Å². The molecular formula is C20H22N2O5S2. The Kier molecular flexibility index (Phi) is 6.51. The van der Waals surface area contributed by atoms with E-state index in [1.165, 1.54) is 17.6 Å². The van der Waals surface area contributed by atoms with Crippen molar-refractivity contribution >= 4 is 37.3 Å². The number of hydrogen-bond acceptors (Lipinski definition) is 6. The number of carbonyl (C=O) groups excluding carboxylic acids is 1. The molecule has 0 bridgehead atoms. The third-order valence-electron chi connectivity index (χ3n) is 4.34. The molecule has 1 aromatic heterocycles. The molecule has 0 aliphatic rings. The molecule has 1 heterocycles. The Morgan fingerprint density at radius 1 is 1.14 bits per heavy atom. The van der Waals surface area contributed by atoms with Crippen molar-refractivity contribution in [3.05, 3.63) is 52.8 Å². The summed E-state index contributed by atoms with van der Waals surface area (Å²) in [6.07, 6.45) is 1.33. The molecule has 0 unspecified atom stereocenters. The molecule has 0 radical (unpaired) electrons. The van der Waals surface area contributed by atoms with Gasteiger partial charge in [0.15, 0.2) is 14.6 Å². The van der Waals surface area contributed by atoms with Gasteiger partial charge in [-0.3, -0.25) is 4.79 Å². The number of ether oxygens (including phenoxy) is 2. The maximum absolute atomic E-state index is 12.5. The molecule has 0 saturated carbocycles. The topological polar surface area (TPSA) is 87.0 Å². The predicted molar refractivity (Wildman–Crippen MR) is 112 cm³/mol. The minimum absolute atomic E-state index is 0.164. The first-order valence-corrected chi connectivity index (χ1v) is 11.6. The third-order valence-corrected chi connectivity index (χ3v) is 6.49. The van der Waals surface area contributed by atoms with Gasteiger partial charge in [-0.25, -0.2) is 8.42 Å². The molecule has 0 spiro atoms. The van der Waals surface area contributed by atoms with Gasteiger partial charge >= 0.3 is 0 Å². The van der Waals surface area contributed by atoms with Crippen molar-refractivity contribution in [3.8, 4) is 5.75 Å². The van der Waals surface area contributed by atoms with Crippen LogP contribution in [-0.4, -0.2) is 46.0 Å². The minimum atomic E-state index is -3.32. The number of methoxy groups -OCH3 is 2. The van der Waals surface area contributed by atoms with Crippen LogP contribution >= 0.6 is 11.3 Å². The fourth-order valence-corrected chi connectivity index (χ4v) is 4.67. The van der Waals surface area contributed by atoms with E-state index in [9.17, 15) is 13.2 Å². The summed E-state index contributed by atoms with van der Waals surface area (Å²) in [6.45, 7) is 0.947. The minimum Gasteiger partial charge on any atom is -0.497 e. The smallest absolute Gasteiger partial charge is 0.252 e.